The van der Waals surface area contributed by atoms with E-state index in [-0.39, 0.29) is 4.52 Å². The van der Waals surface area contributed by atoms with E-state index in [1.54, 1.807) is 9.44 Å². The van der Waals surface area contributed by atoms with Crippen molar-refractivity contribution < 1.29 is 25.3 Å². The van der Waals surface area contributed by atoms with Gasteiger partial charge in [0.15, 0.2) is 0 Å². The van der Waals surface area contributed by atoms with Crippen LogP contribution in [0.5, 0.6) is 0 Å². The number of hydrazine groups is 2. The van der Waals surface area contributed by atoms with Gasteiger partial charge in [-0.3, -0.25) is 0 Å². The van der Waals surface area contributed by atoms with Crippen LogP contribution in [0.25, 0.3) is 0 Å². The van der Waals surface area contributed by atoms with Crippen molar-refractivity contribution in [3.63, 3.8) is 0 Å². The molecule has 14 heteroatoms. The second-order valence-electron chi connectivity index (χ2n) is 2.63. The standard InChI is InChI=1S/C3H13N5O6S3/c1-4-16(11,12)6-8(15(3,9)10)7-17(13,14)5-2/h4-7H,1-3H3. The molecule has 0 bridgehead atoms. The molecule has 0 aliphatic rings. The maximum Gasteiger partial charge on any atom is 0.291 e. The van der Waals surface area contributed by atoms with Gasteiger partial charge in [-0.1, -0.05) is 0 Å². The lowest BCUT2D eigenvalue weighted by Gasteiger charge is -2.20. The van der Waals surface area contributed by atoms with Crippen molar-refractivity contribution in [3.8, 4) is 0 Å². The third-order valence-electron chi connectivity index (χ3n) is 1.28. The zero-order valence-electron chi connectivity index (χ0n) is 9.12. The summed E-state index contributed by atoms with van der Waals surface area (Å²) in [5.41, 5.74) is 0. The van der Waals surface area contributed by atoms with Gasteiger partial charge in [-0.05, 0) is 4.52 Å². The van der Waals surface area contributed by atoms with Gasteiger partial charge in [0.25, 0.3) is 20.4 Å². The van der Waals surface area contributed by atoms with Crippen LogP contribution >= 0.6 is 0 Å². The molecule has 0 aromatic carbocycles. The van der Waals surface area contributed by atoms with E-state index in [4.69, 9.17) is 0 Å². The monoisotopic (exact) mass is 311 g/mol. The molecule has 0 fully saturated rings. The number of hydrogen-bond donors (Lipinski definition) is 4. The van der Waals surface area contributed by atoms with Crippen molar-refractivity contribution in [2.75, 3.05) is 20.4 Å². The van der Waals surface area contributed by atoms with Gasteiger partial charge in [0.2, 0.25) is 10.0 Å². The lowest BCUT2D eigenvalue weighted by Crippen LogP contribution is -2.58. The zero-order chi connectivity index (χ0) is 13.9. The molecule has 0 aromatic rings. The van der Waals surface area contributed by atoms with Crippen molar-refractivity contribution in [3.05, 3.63) is 0 Å². The maximum atomic E-state index is 11.1. The molecule has 0 saturated carbocycles. The summed E-state index contributed by atoms with van der Waals surface area (Å²) in [5, 5.41) is 0. The summed E-state index contributed by atoms with van der Waals surface area (Å²) in [5.74, 6) is 0. The van der Waals surface area contributed by atoms with Crippen LogP contribution in [-0.2, 0) is 30.4 Å². The topological polar surface area (TPSA) is 154 Å². The van der Waals surface area contributed by atoms with Gasteiger partial charge in [0.05, 0.1) is 6.26 Å². The summed E-state index contributed by atoms with van der Waals surface area (Å²) in [4.78, 5) is 2.90. The normalized spacial score (nSPS) is 14.1. The second-order valence-corrected chi connectivity index (χ2v) is 7.65. The molecule has 0 rings (SSSR count). The lowest BCUT2D eigenvalue weighted by atomic mass is 11.6. The Labute approximate surface area is 99.9 Å². The SMILES string of the molecule is CNS(=O)(=O)NN(NS(=O)(=O)NC)S(C)(=O)=O. The van der Waals surface area contributed by atoms with Crippen LogP contribution in [0.3, 0.4) is 0 Å². The van der Waals surface area contributed by atoms with Gasteiger partial charge in [0.1, 0.15) is 0 Å². The van der Waals surface area contributed by atoms with Crippen LogP contribution in [-0.4, -0.2) is 50.1 Å². The Hall–Kier alpha value is -0.350. The van der Waals surface area contributed by atoms with E-state index in [1.807, 2.05) is 0 Å². The average molecular weight is 311 g/mol. The fourth-order valence-electron chi connectivity index (χ4n) is 0.464. The number of hydrogen-bond acceptors (Lipinski definition) is 6. The first-order valence-electron chi connectivity index (χ1n) is 3.85. The Morgan fingerprint density at radius 2 is 1.06 bits per heavy atom. The van der Waals surface area contributed by atoms with E-state index in [9.17, 15) is 25.3 Å². The molecule has 0 saturated heterocycles. The third kappa shape index (κ3) is 6.22. The Kier molecular flexibility index (Phi) is 5.41. The highest BCUT2D eigenvalue weighted by molar-refractivity contribution is 7.92. The number of nitrogens with one attached hydrogen (secondary N) is 4. The Morgan fingerprint density at radius 1 is 0.765 bits per heavy atom. The summed E-state index contributed by atoms with van der Waals surface area (Å²) in [6.45, 7) is 0. The molecular weight excluding hydrogens is 298 g/mol. The molecule has 0 radical (unpaired) electrons. The average Bonchev–Trinajstić information content (AvgIpc) is 2.15. The second kappa shape index (κ2) is 5.53. The summed E-state index contributed by atoms with van der Waals surface area (Å²) in [7, 11) is -10.5. The Morgan fingerprint density at radius 3 is 1.24 bits per heavy atom. The van der Waals surface area contributed by atoms with Crippen LogP contribution in [0.1, 0.15) is 0 Å². The van der Waals surface area contributed by atoms with Gasteiger partial charge in [-0.2, -0.15) is 16.8 Å². The van der Waals surface area contributed by atoms with E-state index in [0.29, 0.717) is 6.26 Å². The first kappa shape index (κ1) is 16.6. The largest absolute Gasteiger partial charge is 0.291 e. The van der Waals surface area contributed by atoms with Crippen LogP contribution < -0.4 is 19.1 Å². The molecule has 0 amide bonds. The fraction of sp³-hybridized carbons (Fsp3) is 1.00. The minimum atomic E-state index is -4.19. The summed E-state index contributed by atoms with van der Waals surface area (Å²) in [6.07, 6.45) is 0.601. The summed E-state index contributed by atoms with van der Waals surface area (Å²) in [6, 6.07) is 0. The van der Waals surface area contributed by atoms with Gasteiger partial charge >= 0.3 is 0 Å². The predicted octanol–water partition coefficient (Wildman–Crippen LogP) is -3.81. The first-order valence-corrected chi connectivity index (χ1v) is 8.67. The van der Waals surface area contributed by atoms with Crippen LogP contribution in [0.15, 0.2) is 0 Å². The summed E-state index contributed by atoms with van der Waals surface area (Å²) < 4.78 is 69.8. The van der Waals surface area contributed by atoms with E-state index in [0.717, 1.165) is 14.1 Å². The fourth-order valence-corrected chi connectivity index (χ4v) is 2.90. The highest BCUT2D eigenvalue weighted by Gasteiger charge is 2.26. The van der Waals surface area contributed by atoms with Gasteiger partial charge in [-0.15, -0.1) is 9.66 Å². The van der Waals surface area contributed by atoms with E-state index in [1.165, 1.54) is 9.66 Å². The van der Waals surface area contributed by atoms with Crippen LogP contribution in [0, 0.1) is 0 Å². The molecule has 0 unspecified atom stereocenters. The summed E-state index contributed by atoms with van der Waals surface area (Å²) >= 11 is 0. The molecule has 0 spiro atoms. The number of sulfonamides is 1. The highest BCUT2D eigenvalue weighted by atomic mass is 32.2. The van der Waals surface area contributed by atoms with Crippen LogP contribution in [0.2, 0.25) is 0 Å². The van der Waals surface area contributed by atoms with Crippen molar-refractivity contribution >= 4 is 30.4 Å². The van der Waals surface area contributed by atoms with Crippen molar-refractivity contribution in [2.24, 2.45) is 0 Å². The van der Waals surface area contributed by atoms with Crippen molar-refractivity contribution in [2.45, 2.75) is 0 Å². The smallest absolute Gasteiger partial charge is 0.210 e. The van der Waals surface area contributed by atoms with Gasteiger partial charge in [-0.25, -0.2) is 17.9 Å². The quantitative estimate of drug-likeness (QED) is 0.353. The molecule has 11 nitrogen and oxygen atoms in total. The molecule has 0 aliphatic carbocycles. The van der Waals surface area contributed by atoms with E-state index >= 15 is 0 Å². The molecule has 0 heterocycles. The maximum absolute atomic E-state index is 11.1. The van der Waals surface area contributed by atoms with Crippen molar-refractivity contribution in [1.82, 2.24) is 23.6 Å². The Bertz CT molecular complexity index is 512. The molecule has 0 atom stereocenters. The third-order valence-corrected chi connectivity index (χ3v) is 4.27. The first-order chi connectivity index (χ1) is 7.43. The molecule has 104 valence electrons. The molecule has 0 aliphatic heterocycles. The minimum absolute atomic E-state index is 0.162. The number of nitrogens with zero attached hydrogens (tertiary/aromatic N) is 1. The zero-order valence-corrected chi connectivity index (χ0v) is 11.6. The Balaban J connectivity index is 5.22. The van der Waals surface area contributed by atoms with Crippen LogP contribution in [0.4, 0.5) is 0 Å². The van der Waals surface area contributed by atoms with E-state index < -0.39 is 30.4 Å². The minimum Gasteiger partial charge on any atom is -0.210 e. The molecule has 17 heavy (non-hydrogen) atoms. The lowest BCUT2D eigenvalue weighted by molar-refractivity contribution is 0.343. The van der Waals surface area contributed by atoms with Gasteiger partial charge in [0, 0.05) is 14.1 Å². The molecular formula is C3H13N5O6S3. The van der Waals surface area contributed by atoms with Gasteiger partial charge < -0.3 is 0 Å². The molecule has 0 aromatic heterocycles. The predicted molar refractivity (Wildman–Crippen MR) is 58.9 cm³/mol. The highest BCUT2D eigenvalue weighted by Crippen LogP contribution is 1.92. The molecule has 4 N–H and O–H groups in total. The van der Waals surface area contributed by atoms with E-state index in [2.05, 4.69) is 0 Å². The van der Waals surface area contributed by atoms with Crippen molar-refractivity contribution in [1.29, 1.82) is 0 Å². The number of rotatable bonds is 7.